The first-order valence-corrected chi connectivity index (χ1v) is 6.05. The lowest BCUT2D eigenvalue weighted by molar-refractivity contribution is 0.558. The minimum Gasteiger partial charge on any atom is -0.362 e. The highest BCUT2D eigenvalue weighted by molar-refractivity contribution is 5.54. The van der Waals surface area contributed by atoms with Crippen molar-refractivity contribution in [3.8, 4) is 0 Å². The van der Waals surface area contributed by atoms with E-state index < -0.39 is 0 Å². The standard InChI is InChI=1S/C12H16N6/c1-9-4-11(10(5-13)6-14-9)17-2-3-18-8-15-16-12(18)7-17/h4,6,8H,2-3,5,7,13H2,1H3. The van der Waals surface area contributed by atoms with Crippen LogP contribution in [0.5, 0.6) is 0 Å². The third-order valence-electron chi connectivity index (χ3n) is 3.30. The fraction of sp³-hybridized carbons (Fsp3) is 0.417. The molecule has 0 saturated heterocycles. The second kappa shape index (κ2) is 4.38. The number of pyridine rings is 1. The van der Waals surface area contributed by atoms with Crippen molar-refractivity contribution in [3.05, 3.63) is 35.7 Å². The van der Waals surface area contributed by atoms with Gasteiger partial charge in [-0.2, -0.15) is 0 Å². The zero-order valence-electron chi connectivity index (χ0n) is 10.4. The molecule has 1 aliphatic rings. The Bertz CT molecular complexity index is 561. The summed E-state index contributed by atoms with van der Waals surface area (Å²) in [6.45, 7) is 5.13. The average molecular weight is 244 g/mol. The topological polar surface area (TPSA) is 72.9 Å². The van der Waals surface area contributed by atoms with Crippen LogP contribution in [0.3, 0.4) is 0 Å². The summed E-state index contributed by atoms with van der Waals surface area (Å²) in [4.78, 5) is 6.59. The molecule has 2 aromatic heterocycles. The van der Waals surface area contributed by atoms with Gasteiger partial charge < -0.3 is 15.2 Å². The van der Waals surface area contributed by atoms with Gasteiger partial charge in [-0.15, -0.1) is 10.2 Å². The van der Waals surface area contributed by atoms with Crippen LogP contribution < -0.4 is 10.6 Å². The second-order valence-electron chi connectivity index (χ2n) is 4.52. The van der Waals surface area contributed by atoms with Gasteiger partial charge in [-0.1, -0.05) is 0 Å². The molecule has 0 saturated carbocycles. The summed E-state index contributed by atoms with van der Waals surface area (Å²) in [6, 6.07) is 2.09. The van der Waals surface area contributed by atoms with Gasteiger partial charge in [0, 0.05) is 42.8 Å². The summed E-state index contributed by atoms with van der Waals surface area (Å²) in [5.41, 5.74) is 9.03. The van der Waals surface area contributed by atoms with Gasteiger partial charge in [0.25, 0.3) is 0 Å². The van der Waals surface area contributed by atoms with E-state index in [-0.39, 0.29) is 0 Å². The molecule has 0 radical (unpaired) electrons. The molecule has 6 nitrogen and oxygen atoms in total. The maximum Gasteiger partial charge on any atom is 0.152 e. The molecule has 0 aromatic carbocycles. The van der Waals surface area contributed by atoms with Crippen LogP contribution in [0.2, 0.25) is 0 Å². The largest absolute Gasteiger partial charge is 0.362 e. The van der Waals surface area contributed by atoms with E-state index in [1.54, 1.807) is 6.33 Å². The Morgan fingerprint density at radius 1 is 1.39 bits per heavy atom. The number of nitrogens with zero attached hydrogens (tertiary/aromatic N) is 5. The molecule has 0 atom stereocenters. The third-order valence-corrected chi connectivity index (χ3v) is 3.30. The zero-order valence-corrected chi connectivity index (χ0v) is 10.4. The number of aryl methyl sites for hydroxylation is 1. The fourth-order valence-electron chi connectivity index (χ4n) is 2.30. The Balaban J connectivity index is 1.94. The van der Waals surface area contributed by atoms with Crippen LogP contribution in [0.4, 0.5) is 5.69 Å². The smallest absolute Gasteiger partial charge is 0.152 e. The average Bonchev–Trinajstić information content (AvgIpc) is 2.85. The molecule has 0 bridgehead atoms. The summed E-state index contributed by atoms with van der Waals surface area (Å²) < 4.78 is 2.09. The van der Waals surface area contributed by atoms with E-state index in [0.29, 0.717) is 6.54 Å². The molecule has 94 valence electrons. The Labute approximate surface area is 105 Å². The molecule has 0 aliphatic carbocycles. The van der Waals surface area contributed by atoms with Crippen LogP contribution in [0.15, 0.2) is 18.6 Å². The van der Waals surface area contributed by atoms with E-state index in [4.69, 9.17) is 5.73 Å². The summed E-state index contributed by atoms with van der Waals surface area (Å²) in [5, 5.41) is 8.08. The van der Waals surface area contributed by atoms with Crippen LogP contribution in [0.25, 0.3) is 0 Å². The van der Waals surface area contributed by atoms with Crippen molar-refractivity contribution in [2.45, 2.75) is 26.6 Å². The minimum absolute atomic E-state index is 0.506. The van der Waals surface area contributed by atoms with Gasteiger partial charge in [0.2, 0.25) is 0 Å². The molecule has 0 unspecified atom stereocenters. The molecule has 18 heavy (non-hydrogen) atoms. The van der Waals surface area contributed by atoms with Gasteiger partial charge in [-0.25, -0.2) is 0 Å². The molecule has 6 heteroatoms. The highest BCUT2D eigenvalue weighted by atomic mass is 15.3. The lowest BCUT2D eigenvalue weighted by Gasteiger charge is -2.30. The van der Waals surface area contributed by atoms with E-state index in [0.717, 1.165) is 36.7 Å². The minimum atomic E-state index is 0.506. The molecule has 2 N–H and O–H groups in total. The van der Waals surface area contributed by atoms with E-state index in [2.05, 4.69) is 30.7 Å². The summed E-state index contributed by atoms with van der Waals surface area (Å²) in [7, 11) is 0. The first-order chi connectivity index (χ1) is 8.78. The highest BCUT2D eigenvalue weighted by Crippen LogP contribution is 2.24. The first kappa shape index (κ1) is 11.2. The van der Waals surface area contributed by atoms with E-state index in [1.807, 2.05) is 13.1 Å². The molecular weight excluding hydrogens is 228 g/mol. The predicted molar refractivity (Wildman–Crippen MR) is 67.9 cm³/mol. The van der Waals surface area contributed by atoms with Crippen molar-refractivity contribution in [3.63, 3.8) is 0 Å². The number of hydrogen-bond acceptors (Lipinski definition) is 5. The zero-order chi connectivity index (χ0) is 12.5. The van der Waals surface area contributed by atoms with Gasteiger partial charge in [-0.05, 0) is 13.0 Å². The van der Waals surface area contributed by atoms with Gasteiger partial charge in [0.1, 0.15) is 6.33 Å². The number of rotatable bonds is 2. The summed E-state index contributed by atoms with van der Waals surface area (Å²) in [6.07, 6.45) is 3.65. The Morgan fingerprint density at radius 2 is 2.28 bits per heavy atom. The lowest BCUT2D eigenvalue weighted by Crippen LogP contribution is -2.34. The molecule has 3 rings (SSSR count). The fourth-order valence-corrected chi connectivity index (χ4v) is 2.30. The van der Waals surface area contributed by atoms with Crippen molar-refractivity contribution in [2.24, 2.45) is 5.73 Å². The van der Waals surface area contributed by atoms with Gasteiger partial charge >= 0.3 is 0 Å². The monoisotopic (exact) mass is 244 g/mol. The van der Waals surface area contributed by atoms with Crippen molar-refractivity contribution in [2.75, 3.05) is 11.4 Å². The molecule has 0 spiro atoms. The second-order valence-corrected chi connectivity index (χ2v) is 4.52. The predicted octanol–water partition coefficient (Wildman–Crippen LogP) is 0.460. The number of aromatic nitrogens is 4. The van der Waals surface area contributed by atoms with E-state index in [9.17, 15) is 0 Å². The molecule has 3 heterocycles. The first-order valence-electron chi connectivity index (χ1n) is 6.05. The van der Waals surface area contributed by atoms with Crippen molar-refractivity contribution in [1.82, 2.24) is 19.7 Å². The summed E-state index contributed by atoms with van der Waals surface area (Å²) >= 11 is 0. The number of fused-ring (bicyclic) bond motifs is 1. The SMILES string of the molecule is Cc1cc(N2CCn3cnnc3C2)c(CN)cn1. The van der Waals surface area contributed by atoms with Crippen LogP contribution in [-0.4, -0.2) is 26.3 Å². The Kier molecular flexibility index (Phi) is 2.71. The van der Waals surface area contributed by atoms with Gasteiger partial charge in [-0.3, -0.25) is 4.98 Å². The van der Waals surface area contributed by atoms with Crippen LogP contribution in [0.1, 0.15) is 17.1 Å². The van der Waals surface area contributed by atoms with Gasteiger partial charge in [0.05, 0.1) is 6.54 Å². The van der Waals surface area contributed by atoms with Crippen molar-refractivity contribution < 1.29 is 0 Å². The van der Waals surface area contributed by atoms with E-state index in [1.165, 1.54) is 5.69 Å². The highest BCUT2D eigenvalue weighted by Gasteiger charge is 2.19. The molecule has 0 amide bonds. The molecule has 0 fully saturated rings. The molecular formula is C12H16N6. The molecule has 1 aliphatic heterocycles. The maximum absolute atomic E-state index is 5.78. The van der Waals surface area contributed by atoms with Crippen LogP contribution in [0, 0.1) is 6.92 Å². The maximum atomic E-state index is 5.78. The third kappa shape index (κ3) is 1.84. The number of hydrogen-bond donors (Lipinski definition) is 1. The van der Waals surface area contributed by atoms with Crippen molar-refractivity contribution >= 4 is 5.69 Å². The number of anilines is 1. The normalized spacial score (nSPS) is 14.7. The quantitative estimate of drug-likeness (QED) is 0.831. The summed E-state index contributed by atoms with van der Waals surface area (Å²) in [5.74, 6) is 0.999. The van der Waals surface area contributed by atoms with Crippen LogP contribution in [-0.2, 0) is 19.6 Å². The van der Waals surface area contributed by atoms with Gasteiger partial charge in [0.15, 0.2) is 5.82 Å². The Hall–Kier alpha value is -1.95. The van der Waals surface area contributed by atoms with E-state index >= 15 is 0 Å². The van der Waals surface area contributed by atoms with Crippen LogP contribution >= 0.6 is 0 Å². The Morgan fingerprint density at radius 3 is 3.11 bits per heavy atom. The lowest BCUT2D eigenvalue weighted by atomic mass is 10.1. The molecule has 2 aromatic rings. The number of nitrogens with two attached hydrogens (primary N) is 1. The van der Waals surface area contributed by atoms with Crippen molar-refractivity contribution in [1.29, 1.82) is 0 Å².